The first-order valence-corrected chi connectivity index (χ1v) is 10.2. The number of hydrogen-bond donors (Lipinski definition) is 1. The number of ether oxygens (including phenoxy) is 1. The van der Waals surface area contributed by atoms with Gasteiger partial charge in [0.1, 0.15) is 6.23 Å². The predicted octanol–water partition coefficient (Wildman–Crippen LogP) is 3.82. The van der Waals surface area contributed by atoms with Gasteiger partial charge in [-0.3, -0.25) is 4.57 Å². The number of rotatable bonds is 6. The van der Waals surface area contributed by atoms with Crippen molar-refractivity contribution in [2.75, 3.05) is 24.7 Å². The number of nitrogens with one attached hydrogen (secondary N) is 1. The van der Waals surface area contributed by atoms with E-state index in [1.54, 1.807) is 0 Å². The van der Waals surface area contributed by atoms with Crippen LogP contribution in [0.3, 0.4) is 0 Å². The van der Waals surface area contributed by atoms with Gasteiger partial charge in [0, 0.05) is 13.2 Å². The van der Waals surface area contributed by atoms with Crippen LogP contribution in [0.5, 0.6) is 0 Å². The van der Waals surface area contributed by atoms with E-state index in [1.807, 2.05) is 17.2 Å². The molecule has 1 aliphatic heterocycles. The van der Waals surface area contributed by atoms with Gasteiger partial charge in [0.25, 0.3) is 0 Å². The highest BCUT2D eigenvalue weighted by Gasteiger charge is 2.22. The molecule has 1 N–H and O–H groups in total. The van der Waals surface area contributed by atoms with E-state index >= 15 is 0 Å². The lowest BCUT2D eigenvalue weighted by atomic mass is 10.1. The quantitative estimate of drug-likeness (QED) is 0.526. The van der Waals surface area contributed by atoms with E-state index in [4.69, 9.17) is 4.74 Å². The number of fused-ring (bicyclic) bond motifs is 1. The second-order valence-corrected chi connectivity index (χ2v) is 7.29. The lowest BCUT2D eigenvalue weighted by Gasteiger charge is -2.12. The molecule has 1 fully saturated rings. The minimum absolute atomic E-state index is 0.0324. The summed E-state index contributed by atoms with van der Waals surface area (Å²) in [6.45, 7) is 3.70. The maximum Gasteiger partial charge on any atom is 0.191 e. The molecule has 6 nitrogen and oxygen atoms in total. The monoisotopic (exact) mass is 369 g/mol. The highest BCUT2D eigenvalue weighted by Crippen LogP contribution is 2.29. The fraction of sp³-hybridized carbons (Fsp3) is 0.421. The molecule has 1 saturated heterocycles. The molecule has 7 heteroatoms. The van der Waals surface area contributed by atoms with E-state index in [2.05, 4.69) is 51.5 Å². The molecule has 2 aromatic heterocycles. The number of thioether (sulfide) groups is 1. The van der Waals surface area contributed by atoms with Crippen molar-refractivity contribution in [3.63, 3.8) is 0 Å². The Morgan fingerprint density at radius 2 is 2.12 bits per heavy atom. The first-order chi connectivity index (χ1) is 12.7. The zero-order valence-electron chi connectivity index (χ0n) is 15.1. The standard InChI is InChI=1S/C19H23N5OS/c1-13-5-7-14(8-6-13)9-10-20-17-16-18(23-19(22-17)26-2)24(12-21-16)15-4-3-11-25-15/h5-8,12,15H,3-4,9-11H2,1-2H3,(H,20,22,23). The van der Waals surface area contributed by atoms with Crippen LogP contribution in [-0.4, -0.2) is 38.9 Å². The molecule has 0 amide bonds. The Kier molecular flexibility index (Phi) is 5.08. The number of nitrogens with zero attached hydrogens (tertiary/aromatic N) is 4. The van der Waals surface area contributed by atoms with Crippen molar-refractivity contribution in [3.8, 4) is 0 Å². The van der Waals surface area contributed by atoms with Gasteiger partial charge in [-0.05, 0) is 38.0 Å². The molecule has 1 atom stereocenters. The Labute approximate surface area is 157 Å². The van der Waals surface area contributed by atoms with Crippen LogP contribution in [0, 0.1) is 6.92 Å². The van der Waals surface area contributed by atoms with E-state index in [0.29, 0.717) is 0 Å². The Bertz CT molecular complexity index is 887. The summed E-state index contributed by atoms with van der Waals surface area (Å²) in [7, 11) is 0. The summed E-state index contributed by atoms with van der Waals surface area (Å²) in [5.74, 6) is 0.795. The topological polar surface area (TPSA) is 64.9 Å². The van der Waals surface area contributed by atoms with E-state index in [9.17, 15) is 0 Å². The van der Waals surface area contributed by atoms with Crippen LogP contribution in [-0.2, 0) is 11.2 Å². The lowest BCUT2D eigenvalue weighted by Crippen LogP contribution is -2.10. The number of hydrogen-bond acceptors (Lipinski definition) is 6. The van der Waals surface area contributed by atoms with Crippen LogP contribution >= 0.6 is 11.8 Å². The number of benzene rings is 1. The largest absolute Gasteiger partial charge is 0.368 e. The molecule has 136 valence electrons. The summed E-state index contributed by atoms with van der Waals surface area (Å²) >= 11 is 1.54. The molecule has 0 spiro atoms. The minimum Gasteiger partial charge on any atom is -0.368 e. The number of aromatic nitrogens is 4. The summed E-state index contributed by atoms with van der Waals surface area (Å²) in [6.07, 6.45) is 6.86. The fourth-order valence-electron chi connectivity index (χ4n) is 3.18. The van der Waals surface area contributed by atoms with E-state index < -0.39 is 0 Å². The molecular weight excluding hydrogens is 346 g/mol. The second kappa shape index (κ2) is 7.63. The van der Waals surface area contributed by atoms with Crippen LogP contribution in [0.2, 0.25) is 0 Å². The van der Waals surface area contributed by atoms with Gasteiger partial charge in [0.2, 0.25) is 0 Å². The van der Waals surface area contributed by atoms with Gasteiger partial charge in [-0.25, -0.2) is 15.0 Å². The van der Waals surface area contributed by atoms with Crippen molar-refractivity contribution < 1.29 is 4.74 Å². The molecule has 1 aliphatic rings. The molecule has 0 radical (unpaired) electrons. The van der Waals surface area contributed by atoms with Gasteiger partial charge in [-0.1, -0.05) is 41.6 Å². The van der Waals surface area contributed by atoms with Crippen molar-refractivity contribution in [1.29, 1.82) is 0 Å². The van der Waals surface area contributed by atoms with Crippen LogP contribution in [0.25, 0.3) is 11.2 Å². The maximum atomic E-state index is 5.80. The van der Waals surface area contributed by atoms with Crippen molar-refractivity contribution >= 4 is 28.7 Å². The van der Waals surface area contributed by atoms with Gasteiger partial charge < -0.3 is 10.1 Å². The molecule has 4 rings (SSSR count). The predicted molar refractivity (Wildman–Crippen MR) is 105 cm³/mol. The third-order valence-corrected chi connectivity index (χ3v) is 5.17. The third kappa shape index (κ3) is 3.54. The average Bonchev–Trinajstić information content (AvgIpc) is 3.32. The molecule has 26 heavy (non-hydrogen) atoms. The smallest absolute Gasteiger partial charge is 0.191 e. The molecule has 3 aromatic rings. The summed E-state index contributed by atoms with van der Waals surface area (Å²) in [4.78, 5) is 13.9. The summed E-state index contributed by atoms with van der Waals surface area (Å²) < 4.78 is 7.84. The zero-order valence-corrected chi connectivity index (χ0v) is 15.9. The first kappa shape index (κ1) is 17.3. The Morgan fingerprint density at radius 3 is 2.85 bits per heavy atom. The molecule has 1 unspecified atom stereocenters. The van der Waals surface area contributed by atoms with Gasteiger partial charge in [-0.2, -0.15) is 0 Å². The van der Waals surface area contributed by atoms with E-state index in [-0.39, 0.29) is 6.23 Å². The van der Waals surface area contributed by atoms with Gasteiger partial charge in [0.05, 0.1) is 6.33 Å². The number of anilines is 1. The van der Waals surface area contributed by atoms with Crippen LogP contribution < -0.4 is 5.32 Å². The fourth-order valence-corrected chi connectivity index (χ4v) is 3.54. The van der Waals surface area contributed by atoms with Crippen LogP contribution in [0.4, 0.5) is 5.82 Å². The second-order valence-electron chi connectivity index (χ2n) is 6.51. The summed E-state index contributed by atoms with van der Waals surface area (Å²) in [5.41, 5.74) is 4.24. The van der Waals surface area contributed by atoms with Gasteiger partial charge in [0.15, 0.2) is 22.1 Å². The van der Waals surface area contributed by atoms with Crippen molar-refractivity contribution in [1.82, 2.24) is 19.5 Å². The molecular formula is C19H23N5OS. The van der Waals surface area contributed by atoms with E-state index in [1.165, 1.54) is 22.9 Å². The molecule has 3 heterocycles. The van der Waals surface area contributed by atoms with Crippen molar-refractivity contribution in [2.45, 2.75) is 37.6 Å². The Balaban J connectivity index is 1.56. The summed E-state index contributed by atoms with van der Waals surface area (Å²) in [6, 6.07) is 8.64. The maximum absolute atomic E-state index is 5.80. The Hall–Kier alpha value is -2.12. The highest BCUT2D eigenvalue weighted by molar-refractivity contribution is 7.98. The van der Waals surface area contributed by atoms with Crippen molar-refractivity contribution in [3.05, 3.63) is 41.7 Å². The van der Waals surface area contributed by atoms with Gasteiger partial charge >= 0.3 is 0 Å². The molecule has 0 bridgehead atoms. The number of imidazole rings is 1. The molecule has 0 saturated carbocycles. The highest BCUT2D eigenvalue weighted by atomic mass is 32.2. The average molecular weight is 369 g/mol. The van der Waals surface area contributed by atoms with Gasteiger partial charge in [-0.15, -0.1) is 0 Å². The Morgan fingerprint density at radius 1 is 1.27 bits per heavy atom. The zero-order chi connectivity index (χ0) is 17.9. The van der Waals surface area contributed by atoms with Crippen molar-refractivity contribution in [2.24, 2.45) is 0 Å². The SMILES string of the molecule is CSc1nc(NCCc2ccc(C)cc2)c2ncn(C3CCCO3)c2n1. The summed E-state index contributed by atoms with van der Waals surface area (Å²) in [5, 5.41) is 4.19. The van der Waals surface area contributed by atoms with E-state index in [0.717, 1.165) is 54.6 Å². The minimum atomic E-state index is 0.0324. The lowest BCUT2D eigenvalue weighted by molar-refractivity contribution is 0.0592. The first-order valence-electron chi connectivity index (χ1n) is 8.94. The third-order valence-electron chi connectivity index (χ3n) is 4.63. The van der Waals surface area contributed by atoms with Crippen LogP contribution in [0.15, 0.2) is 35.7 Å². The normalized spacial score (nSPS) is 17.1. The molecule has 0 aliphatic carbocycles. The van der Waals surface area contributed by atoms with Crippen LogP contribution in [0.1, 0.15) is 30.2 Å². The molecule has 1 aromatic carbocycles. The number of aryl methyl sites for hydroxylation is 1.